The molecule has 2 N–H and O–H groups in total. The van der Waals surface area contributed by atoms with Gasteiger partial charge in [-0.2, -0.15) is 0 Å². The predicted octanol–water partition coefficient (Wildman–Crippen LogP) is 4.66. The summed E-state index contributed by atoms with van der Waals surface area (Å²) in [4.78, 5) is 7.27. The SMILES string of the molecule is Cc1cc2c(F)c(Oc3ccnc4cc(O)ccc34)ccc2[nH]1. The molecule has 0 aliphatic carbocycles. The van der Waals surface area contributed by atoms with Crippen molar-refractivity contribution in [3.63, 3.8) is 0 Å². The molecule has 5 heteroatoms. The highest BCUT2D eigenvalue weighted by Gasteiger charge is 2.13. The fraction of sp³-hybridized carbons (Fsp3) is 0.0556. The van der Waals surface area contributed by atoms with Crippen molar-refractivity contribution >= 4 is 21.8 Å². The maximum absolute atomic E-state index is 14.6. The van der Waals surface area contributed by atoms with Gasteiger partial charge in [0.1, 0.15) is 11.5 Å². The van der Waals surface area contributed by atoms with Crippen molar-refractivity contribution in [1.29, 1.82) is 0 Å². The number of ether oxygens (including phenoxy) is 1. The Morgan fingerprint density at radius 2 is 1.91 bits per heavy atom. The molecule has 2 aromatic carbocycles. The van der Waals surface area contributed by atoms with Gasteiger partial charge in [-0.15, -0.1) is 0 Å². The van der Waals surface area contributed by atoms with Crippen LogP contribution >= 0.6 is 0 Å². The lowest BCUT2D eigenvalue weighted by Crippen LogP contribution is -1.91. The standard InChI is InChI=1S/C18H13FN2O2/c1-10-8-13-14(21-10)4-5-17(18(13)19)23-16-6-7-20-15-9-11(22)2-3-12(15)16/h2-9,21-22H,1H3. The zero-order valence-electron chi connectivity index (χ0n) is 12.3. The summed E-state index contributed by atoms with van der Waals surface area (Å²) in [6.07, 6.45) is 1.56. The number of phenols is 1. The number of aromatic amines is 1. The molecule has 0 atom stereocenters. The third-order valence-corrected chi connectivity index (χ3v) is 3.74. The van der Waals surface area contributed by atoms with Crippen LogP contribution in [0.1, 0.15) is 5.69 Å². The highest BCUT2D eigenvalue weighted by atomic mass is 19.1. The first-order valence-corrected chi connectivity index (χ1v) is 7.15. The maximum Gasteiger partial charge on any atom is 0.175 e. The van der Waals surface area contributed by atoms with E-state index in [4.69, 9.17) is 4.74 Å². The van der Waals surface area contributed by atoms with Crippen LogP contribution in [0.5, 0.6) is 17.2 Å². The second-order valence-corrected chi connectivity index (χ2v) is 5.40. The summed E-state index contributed by atoms with van der Waals surface area (Å²) in [5, 5.41) is 10.7. The Hall–Kier alpha value is -3.08. The van der Waals surface area contributed by atoms with Crippen LogP contribution in [0.3, 0.4) is 0 Å². The summed E-state index contributed by atoms with van der Waals surface area (Å²) in [5.74, 6) is 0.353. The first-order chi connectivity index (χ1) is 11.1. The zero-order valence-corrected chi connectivity index (χ0v) is 12.3. The molecule has 0 aliphatic heterocycles. The van der Waals surface area contributed by atoms with E-state index in [0.717, 1.165) is 11.2 Å². The van der Waals surface area contributed by atoms with Crippen LogP contribution in [0.2, 0.25) is 0 Å². The monoisotopic (exact) mass is 308 g/mol. The van der Waals surface area contributed by atoms with E-state index in [1.165, 1.54) is 6.07 Å². The van der Waals surface area contributed by atoms with Crippen LogP contribution in [-0.2, 0) is 0 Å². The summed E-state index contributed by atoms with van der Waals surface area (Å²) in [5.41, 5.74) is 2.21. The van der Waals surface area contributed by atoms with E-state index >= 15 is 0 Å². The Kier molecular flexibility index (Phi) is 2.94. The minimum atomic E-state index is -0.407. The van der Waals surface area contributed by atoms with Gasteiger partial charge >= 0.3 is 0 Å². The van der Waals surface area contributed by atoms with Crippen LogP contribution in [0, 0.1) is 12.7 Å². The molecule has 23 heavy (non-hydrogen) atoms. The van der Waals surface area contributed by atoms with Crippen molar-refractivity contribution in [2.75, 3.05) is 0 Å². The zero-order chi connectivity index (χ0) is 16.0. The number of phenolic OH excluding ortho intramolecular Hbond substituents is 1. The molecule has 4 rings (SSSR count). The number of nitrogens with zero attached hydrogens (tertiary/aromatic N) is 1. The number of H-pyrrole nitrogens is 1. The second kappa shape index (κ2) is 4.98. The molecule has 0 amide bonds. The molecule has 2 heterocycles. The largest absolute Gasteiger partial charge is 0.508 e. The highest BCUT2D eigenvalue weighted by Crippen LogP contribution is 2.34. The minimum absolute atomic E-state index is 0.123. The second-order valence-electron chi connectivity index (χ2n) is 5.40. The van der Waals surface area contributed by atoms with Crippen LogP contribution in [-0.4, -0.2) is 15.1 Å². The first kappa shape index (κ1) is 13.6. The van der Waals surface area contributed by atoms with Crippen molar-refractivity contribution < 1.29 is 14.2 Å². The van der Waals surface area contributed by atoms with Gasteiger partial charge in [-0.25, -0.2) is 4.39 Å². The molecular weight excluding hydrogens is 295 g/mol. The quantitative estimate of drug-likeness (QED) is 0.566. The number of aromatic hydroxyl groups is 1. The normalized spacial score (nSPS) is 11.2. The van der Waals surface area contributed by atoms with Gasteiger partial charge in [0.15, 0.2) is 11.6 Å². The Morgan fingerprint density at radius 3 is 2.78 bits per heavy atom. The van der Waals surface area contributed by atoms with Crippen LogP contribution in [0.25, 0.3) is 21.8 Å². The van der Waals surface area contributed by atoms with E-state index < -0.39 is 5.82 Å². The number of benzene rings is 2. The number of pyridine rings is 1. The van der Waals surface area contributed by atoms with Crippen LogP contribution in [0.15, 0.2) is 48.7 Å². The van der Waals surface area contributed by atoms with E-state index in [2.05, 4.69) is 9.97 Å². The van der Waals surface area contributed by atoms with Crippen molar-refractivity contribution in [3.8, 4) is 17.2 Å². The smallest absolute Gasteiger partial charge is 0.175 e. The summed E-state index contributed by atoms with van der Waals surface area (Å²) >= 11 is 0. The average Bonchev–Trinajstić information content (AvgIpc) is 2.91. The number of halogens is 1. The molecule has 0 bridgehead atoms. The summed E-state index contributed by atoms with van der Waals surface area (Å²) in [7, 11) is 0. The molecule has 0 saturated carbocycles. The number of rotatable bonds is 2. The van der Waals surface area contributed by atoms with E-state index in [1.807, 2.05) is 6.92 Å². The lowest BCUT2D eigenvalue weighted by molar-refractivity contribution is 0.449. The minimum Gasteiger partial charge on any atom is -0.508 e. The molecule has 114 valence electrons. The number of aryl methyl sites for hydroxylation is 1. The van der Waals surface area contributed by atoms with Gasteiger partial charge in [0, 0.05) is 34.2 Å². The summed E-state index contributed by atoms with van der Waals surface area (Å²) in [6.45, 7) is 1.88. The van der Waals surface area contributed by atoms with E-state index in [0.29, 0.717) is 22.0 Å². The van der Waals surface area contributed by atoms with E-state index in [9.17, 15) is 9.50 Å². The molecule has 4 nitrogen and oxygen atoms in total. The number of fused-ring (bicyclic) bond motifs is 2. The van der Waals surface area contributed by atoms with Gasteiger partial charge in [0.2, 0.25) is 0 Å². The lowest BCUT2D eigenvalue weighted by Gasteiger charge is -2.10. The highest BCUT2D eigenvalue weighted by molar-refractivity contribution is 5.87. The third-order valence-electron chi connectivity index (χ3n) is 3.74. The molecule has 4 aromatic rings. The van der Waals surface area contributed by atoms with Gasteiger partial charge in [-0.3, -0.25) is 4.98 Å². The van der Waals surface area contributed by atoms with Gasteiger partial charge < -0.3 is 14.8 Å². The Labute approximate surface area is 131 Å². The van der Waals surface area contributed by atoms with Crippen LogP contribution in [0.4, 0.5) is 4.39 Å². The molecule has 0 aliphatic rings. The van der Waals surface area contributed by atoms with Gasteiger partial charge in [-0.1, -0.05) is 0 Å². The Morgan fingerprint density at radius 1 is 1.04 bits per heavy atom. The van der Waals surface area contributed by atoms with Crippen molar-refractivity contribution in [3.05, 3.63) is 60.2 Å². The van der Waals surface area contributed by atoms with Gasteiger partial charge in [-0.05, 0) is 43.3 Å². The molecule has 2 aromatic heterocycles. The summed E-state index contributed by atoms with van der Waals surface area (Å²) in [6, 6.07) is 11.6. The molecule has 0 spiro atoms. The van der Waals surface area contributed by atoms with Crippen molar-refractivity contribution in [2.24, 2.45) is 0 Å². The average molecular weight is 308 g/mol. The Balaban J connectivity index is 1.83. The maximum atomic E-state index is 14.6. The molecule has 0 unspecified atom stereocenters. The molecule has 0 fully saturated rings. The lowest BCUT2D eigenvalue weighted by atomic mass is 10.2. The number of aromatic nitrogens is 2. The fourth-order valence-corrected chi connectivity index (χ4v) is 2.68. The molecule has 0 saturated heterocycles. The topological polar surface area (TPSA) is 58.1 Å². The van der Waals surface area contributed by atoms with Gasteiger partial charge in [0.05, 0.1) is 5.52 Å². The predicted molar refractivity (Wildman–Crippen MR) is 86.5 cm³/mol. The first-order valence-electron chi connectivity index (χ1n) is 7.15. The van der Waals surface area contributed by atoms with E-state index in [1.54, 1.807) is 42.6 Å². The fourth-order valence-electron chi connectivity index (χ4n) is 2.68. The summed E-state index contributed by atoms with van der Waals surface area (Å²) < 4.78 is 20.4. The number of nitrogens with one attached hydrogen (secondary N) is 1. The number of hydrogen-bond acceptors (Lipinski definition) is 3. The number of hydrogen-bond donors (Lipinski definition) is 2. The van der Waals surface area contributed by atoms with Crippen molar-refractivity contribution in [2.45, 2.75) is 6.92 Å². The Bertz CT molecular complexity index is 1040. The third kappa shape index (κ3) is 2.26. The van der Waals surface area contributed by atoms with Crippen LogP contribution < -0.4 is 4.74 Å². The van der Waals surface area contributed by atoms with Crippen molar-refractivity contribution in [1.82, 2.24) is 9.97 Å². The molecular formula is C18H13FN2O2. The van der Waals surface area contributed by atoms with E-state index in [-0.39, 0.29) is 11.5 Å². The van der Waals surface area contributed by atoms with Gasteiger partial charge in [0.25, 0.3) is 0 Å². The molecule has 0 radical (unpaired) electrons.